The summed E-state index contributed by atoms with van der Waals surface area (Å²) in [5.41, 5.74) is 5.25. The Morgan fingerprint density at radius 2 is 1.95 bits per heavy atom. The first kappa shape index (κ1) is 13.7. The zero-order valence-corrected chi connectivity index (χ0v) is 12.2. The molecule has 0 aliphatic heterocycles. The molecule has 1 aromatic heterocycles. The number of hydrogen-bond donors (Lipinski definition) is 2. The van der Waals surface area contributed by atoms with Crippen molar-refractivity contribution in [1.29, 1.82) is 0 Å². The van der Waals surface area contributed by atoms with Crippen molar-refractivity contribution in [2.75, 3.05) is 5.43 Å². The highest BCUT2D eigenvalue weighted by Crippen LogP contribution is 2.32. The Bertz CT molecular complexity index is 805. The first-order valence-corrected chi connectivity index (χ1v) is 6.85. The number of aryl methyl sites for hydroxylation is 1. The van der Waals surface area contributed by atoms with Gasteiger partial charge < -0.3 is 10.2 Å². The van der Waals surface area contributed by atoms with E-state index in [1.54, 1.807) is 6.07 Å². The lowest BCUT2D eigenvalue weighted by Gasteiger charge is -2.11. The van der Waals surface area contributed by atoms with Crippen molar-refractivity contribution in [3.63, 3.8) is 0 Å². The Morgan fingerprint density at radius 3 is 2.71 bits per heavy atom. The van der Waals surface area contributed by atoms with Gasteiger partial charge in [-0.3, -0.25) is 10.8 Å². The van der Waals surface area contributed by atoms with Crippen LogP contribution >= 0.6 is 11.6 Å². The van der Waals surface area contributed by atoms with E-state index in [2.05, 4.69) is 10.4 Å². The molecule has 0 aliphatic carbocycles. The molecule has 0 radical (unpaired) electrons. The molecule has 0 bridgehead atoms. The minimum absolute atomic E-state index is 0.566. The highest BCUT2D eigenvalue weighted by atomic mass is 35.5. The summed E-state index contributed by atoms with van der Waals surface area (Å²) in [4.78, 5) is 4.47. The fraction of sp³-hybridized carbons (Fsp3) is 0.0625. The molecule has 5 heteroatoms. The molecule has 0 fully saturated rings. The summed E-state index contributed by atoms with van der Waals surface area (Å²) >= 11 is 6.10. The monoisotopic (exact) mass is 299 g/mol. The second-order valence-electron chi connectivity index (χ2n) is 4.67. The van der Waals surface area contributed by atoms with Crippen LogP contribution in [0.5, 0.6) is 11.5 Å². The topological polar surface area (TPSA) is 60.2 Å². The van der Waals surface area contributed by atoms with E-state index < -0.39 is 0 Å². The second-order valence-corrected chi connectivity index (χ2v) is 5.07. The summed E-state index contributed by atoms with van der Waals surface area (Å²) in [5.74, 6) is 6.86. The molecule has 106 valence electrons. The molecule has 3 rings (SSSR count). The number of nitrogens with zero attached hydrogens (tertiary/aromatic N) is 1. The zero-order valence-electron chi connectivity index (χ0n) is 11.4. The summed E-state index contributed by atoms with van der Waals surface area (Å²) in [6.45, 7) is 1.93. The number of hydrogen-bond acceptors (Lipinski definition) is 4. The van der Waals surface area contributed by atoms with Crippen LogP contribution in [0.4, 0.5) is 5.69 Å². The molecule has 0 aliphatic rings. The summed E-state index contributed by atoms with van der Waals surface area (Å²) in [6.07, 6.45) is 0. The lowest BCUT2D eigenvalue weighted by molar-refractivity contribution is 0.483. The van der Waals surface area contributed by atoms with Crippen LogP contribution in [-0.4, -0.2) is 4.98 Å². The van der Waals surface area contributed by atoms with Gasteiger partial charge in [-0.15, -0.1) is 0 Å². The van der Waals surface area contributed by atoms with Gasteiger partial charge in [0.2, 0.25) is 0 Å². The second kappa shape index (κ2) is 5.60. The number of rotatable bonds is 3. The largest absolute Gasteiger partial charge is 0.456 e. The van der Waals surface area contributed by atoms with Gasteiger partial charge in [0.05, 0.1) is 16.2 Å². The molecule has 1 heterocycles. The van der Waals surface area contributed by atoms with Crippen molar-refractivity contribution in [3.05, 3.63) is 59.2 Å². The number of nitrogens with two attached hydrogens (primary N) is 1. The third-order valence-corrected chi connectivity index (χ3v) is 3.44. The summed E-state index contributed by atoms with van der Waals surface area (Å²) < 4.78 is 5.82. The zero-order chi connectivity index (χ0) is 14.8. The van der Waals surface area contributed by atoms with E-state index in [0.717, 1.165) is 22.3 Å². The minimum atomic E-state index is 0.566. The molecular formula is C16H14ClN3O. The third kappa shape index (κ3) is 2.77. The van der Waals surface area contributed by atoms with Crippen molar-refractivity contribution >= 4 is 28.2 Å². The molecule has 4 nitrogen and oxygen atoms in total. The van der Waals surface area contributed by atoms with Gasteiger partial charge in [-0.25, -0.2) is 0 Å². The van der Waals surface area contributed by atoms with Gasteiger partial charge in [0.15, 0.2) is 0 Å². The predicted octanol–water partition coefficient (Wildman–Crippen LogP) is 4.27. The molecular weight excluding hydrogens is 286 g/mol. The number of benzene rings is 2. The van der Waals surface area contributed by atoms with Gasteiger partial charge in [-0.05, 0) is 43.3 Å². The van der Waals surface area contributed by atoms with Crippen molar-refractivity contribution in [2.45, 2.75) is 6.92 Å². The molecule has 3 aromatic rings. The van der Waals surface area contributed by atoms with Gasteiger partial charge >= 0.3 is 0 Å². The lowest BCUT2D eigenvalue weighted by Crippen LogP contribution is -2.07. The number of anilines is 1. The normalized spacial score (nSPS) is 10.6. The van der Waals surface area contributed by atoms with Crippen LogP contribution in [0.2, 0.25) is 5.02 Å². The van der Waals surface area contributed by atoms with E-state index in [4.69, 9.17) is 22.2 Å². The number of para-hydroxylation sites is 1. The maximum Gasteiger partial charge on any atom is 0.146 e. The van der Waals surface area contributed by atoms with Gasteiger partial charge in [0.25, 0.3) is 0 Å². The molecule has 0 spiro atoms. The maximum atomic E-state index is 6.10. The SMILES string of the molecule is Cc1cc(NN)c2cc(Oc3ccccc3Cl)ccc2n1. The van der Waals surface area contributed by atoms with Crippen LogP contribution in [0.15, 0.2) is 48.5 Å². The molecule has 0 atom stereocenters. The number of halogens is 1. The van der Waals surface area contributed by atoms with Crippen molar-refractivity contribution in [2.24, 2.45) is 5.84 Å². The molecule has 0 amide bonds. The van der Waals surface area contributed by atoms with Crippen LogP contribution in [0, 0.1) is 6.92 Å². The van der Waals surface area contributed by atoms with E-state index in [9.17, 15) is 0 Å². The van der Waals surface area contributed by atoms with Crippen molar-refractivity contribution < 1.29 is 4.74 Å². The number of pyridine rings is 1. The standard InChI is InChI=1S/C16H14ClN3O/c1-10-8-15(20-18)12-9-11(6-7-14(12)19-10)21-16-5-3-2-4-13(16)17/h2-9H,18H2,1H3,(H,19,20). The molecule has 3 N–H and O–H groups in total. The fourth-order valence-corrected chi connectivity index (χ4v) is 2.35. The lowest BCUT2D eigenvalue weighted by atomic mass is 10.1. The molecule has 0 unspecified atom stereocenters. The Kier molecular flexibility index (Phi) is 3.64. The van der Waals surface area contributed by atoms with E-state index in [1.165, 1.54) is 0 Å². The average molecular weight is 300 g/mol. The third-order valence-electron chi connectivity index (χ3n) is 3.13. The molecule has 0 saturated heterocycles. The first-order valence-electron chi connectivity index (χ1n) is 6.48. The number of nitrogen functional groups attached to an aromatic ring is 1. The van der Waals surface area contributed by atoms with Crippen molar-refractivity contribution in [1.82, 2.24) is 4.98 Å². The Hall–Kier alpha value is -2.30. The quantitative estimate of drug-likeness (QED) is 0.560. The number of hydrazine groups is 1. The van der Waals surface area contributed by atoms with E-state index >= 15 is 0 Å². The Morgan fingerprint density at radius 1 is 1.14 bits per heavy atom. The summed E-state index contributed by atoms with van der Waals surface area (Å²) in [7, 11) is 0. The van der Waals surface area contributed by atoms with Gasteiger partial charge in [0, 0.05) is 11.1 Å². The van der Waals surface area contributed by atoms with Crippen LogP contribution in [0.1, 0.15) is 5.69 Å². The smallest absolute Gasteiger partial charge is 0.146 e. The summed E-state index contributed by atoms with van der Waals surface area (Å²) in [5, 5.41) is 1.46. The molecule has 2 aromatic carbocycles. The fourth-order valence-electron chi connectivity index (χ4n) is 2.17. The molecule has 0 saturated carbocycles. The Balaban J connectivity index is 2.05. The van der Waals surface area contributed by atoms with E-state index in [1.807, 2.05) is 49.4 Å². The van der Waals surface area contributed by atoms with Gasteiger partial charge in [-0.2, -0.15) is 0 Å². The van der Waals surface area contributed by atoms with E-state index in [0.29, 0.717) is 16.5 Å². The minimum Gasteiger partial charge on any atom is -0.456 e. The maximum absolute atomic E-state index is 6.10. The highest BCUT2D eigenvalue weighted by molar-refractivity contribution is 6.32. The van der Waals surface area contributed by atoms with Crippen LogP contribution < -0.4 is 16.0 Å². The average Bonchev–Trinajstić information content (AvgIpc) is 2.49. The van der Waals surface area contributed by atoms with Gasteiger partial charge in [-0.1, -0.05) is 23.7 Å². The number of ether oxygens (including phenoxy) is 1. The first-order chi connectivity index (χ1) is 10.2. The van der Waals surface area contributed by atoms with Crippen molar-refractivity contribution in [3.8, 4) is 11.5 Å². The highest BCUT2D eigenvalue weighted by Gasteiger charge is 2.07. The van der Waals surface area contributed by atoms with Crippen LogP contribution in [-0.2, 0) is 0 Å². The molecule has 21 heavy (non-hydrogen) atoms. The van der Waals surface area contributed by atoms with Crippen LogP contribution in [0.3, 0.4) is 0 Å². The number of aromatic nitrogens is 1. The van der Waals surface area contributed by atoms with Gasteiger partial charge in [0.1, 0.15) is 11.5 Å². The summed E-state index contributed by atoms with van der Waals surface area (Å²) in [6, 6.07) is 14.9. The number of fused-ring (bicyclic) bond motifs is 1. The van der Waals surface area contributed by atoms with E-state index in [-0.39, 0.29) is 0 Å². The Labute approximate surface area is 127 Å². The predicted molar refractivity (Wildman–Crippen MR) is 85.8 cm³/mol. The van der Waals surface area contributed by atoms with Crippen LogP contribution in [0.25, 0.3) is 10.9 Å². The number of nitrogens with one attached hydrogen (secondary N) is 1.